The van der Waals surface area contributed by atoms with Crippen LogP contribution >= 0.6 is 0 Å². The second kappa shape index (κ2) is 8.79. The number of hydrogen-bond acceptors (Lipinski definition) is 5. The van der Waals surface area contributed by atoms with Crippen LogP contribution in [0.5, 0.6) is 0 Å². The minimum atomic E-state index is -0.335. The minimum absolute atomic E-state index is 0.0659. The molecule has 0 amide bonds. The number of rotatable bonds is 9. The van der Waals surface area contributed by atoms with Gasteiger partial charge in [0, 0.05) is 32.9 Å². The smallest absolute Gasteiger partial charge is 0.141 e. The van der Waals surface area contributed by atoms with Gasteiger partial charge in [-0.15, -0.1) is 0 Å². The van der Waals surface area contributed by atoms with E-state index in [1.54, 1.807) is 14.2 Å². The Balaban J connectivity index is 2.65. The molecule has 0 bridgehead atoms. The van der Waals surface area contributed by atoms with Crippen LogP contribution in [0, 0.1) is 5.82 Å². The molecule has 0 aliphatic rings. The lowest BCUT2D eigenvalue weighted by atomic mass is 10.2. The van der Waals surface area contributed by atoms with Gasteiger partial charge < -0.3 is 20.1 Å². The zero-order valence-corrected chi connectivity index (χ0v) is 11.7. The standard InChI is InChI=1S/C13H22FN3O2/c1-4-15-6-10-5-11(14)7-16-13(10)17-8-12(19-3)9-18-2/h5,7,12,15H,4,6,8-9H2,1-3H3,(H,16,17). The van der Waals surface area contributed by atoms with Gasteiger partial charge in [-0.05, 0) is 12.6 Å². The van der Waals surface area contributed by atoms with Crippen LogP contribution in [-0.4, -0.2) is 45.0 Å². The summed E-state index contributed by atoms with van der Waals surface area (Å²) in [5, 5.41) is 6.32. The number of ether oxygens (including phenoxy) is 2. The summed E-state index contributed by atoms with van der Waals surface area (Å²) in [5.41, 5.74) is 0.800. The summed E-state index contributed by atoms with van der Waals surface area (Å²) in [6.45, 7) is 4.44. The molecular weight excluding hydrogens is 249 g/mol. The van der Waals surface area contributed by atoms with E-state index in [0.29, 0.717) is 25.5 Å². The number of halogens is 1. The Labute approximate surface area is 113 Å². The summed E-state index contributed by atoms with van der Waals surface area (Å²) in [6, 6.07) is 1.48. The van der Waals surface area contributed by atoms with Crippen molar-refractivity contribution in [3.63, 3.8) is 0 Å². The van der Waals surface area contributed by atoms with Crippen LogP contribution in [0.2, 0.25) is 0 Å². The van der Waals surface area contributed by atoms with Gasteiger partial charge in [0.15, 0.2) is 0 Å². The number of methoxy groups -OCH3 is 2. The molecule has 1 unspecified atom stereocenters. The lowest BCUT2D eigenvalue weighted by Gasteiger charge is -2.17. The van der Waals surface area contributed by atoms with E-state index in [0.717, 1.165) is 12.1 Å². The van der Waals surface area contributed by atoms with E-state index in [-0.39, 0.29) is 11.9 Å². The molecule has 0 radical (unpaired) electrons. The number of nitrogens with one attached hydrogen (secondary N) is 2. The Bertz CT molecular complexity index is 377. The third-order valence-electron chi connectivity index (χ3n) is 2.68. The summed E-state index contributed by atoms with van der Waals surface area (Å²) >= 11 is 0. The molecule has 0 aromatic carbocycles. The van der Waals surface area contributed by atoms with Crippen molar-refractivity contribution >= 4 is 5.82 Å². The molecule has 0 aliphatic carbocycles. The van der Waals surface area contributed by atoms with Crippen molar-refractivity contribution in [2.75, 3.05) is 39.2 Å². The first kappa shape index (κ1) is 15.8. The Morgan fingerprint density at radius 3 is 2.84 bits per heavy atom. The summed E-state index contributed by atoms with van der Waals surface area (Å²) in [5.74, 6) is 0.333. The van der Waals surface area contributed by atoms with E-state index in [1.807, 2.05) is 6.92 Å². The number of aromatic nitrogens is 1. The lowest BCUT2D eigenvalue weighted by Crippen LogP contribution is -2.27. The summed E-state index contributed by atoms with van der Waals surface area (Å²) in [4.78, 5) is 4.08. The van der Waals surface area contributed by atoms with Crippen molar-refractivity contribution in [3.8, 4) is 0 Å². The van der Waals surface area contributed by atoms with Gasteiger partial charge in [-0.25, -0.2) is 9.37 Å². The molecule has 1 heterocycles. The van der Waals surface area contributed by atoms with Crippen LogP contribution in [0.25, 0.3) is 0 Å². The number of anilines is 1. The van der Waals surface area contributed by atoms with E-state index in [1.165, 1.54) is 12.3 Å². The van der Waals surface area contributed by atoms with Crippen molar-refractivity contribution in [2.45, 2.75) is 19.6 Å². The van der Waals surface area contributed by atoms with Gasteiger partial charge in [0.1, 0.15) is 11.6 Å². The molecule has 1 aromatic heterocycles. The molecule has 1 atom stereocenters. The Kier molecular flexibility index (Phi) is 7.32. The van der Waals surface area contributed by atoms with Crippen LogP contribution in [-0.2, 0) is 16.0 Å². The summed E-state index contributed by atoms with van der Waals surface area (Å²) in [6.07, 6.45) is 1.14. The molecule has 0 spiro atoms. The molecule has 0 aliphatic heterocycles. The van der Waals surface area contributed by atoms with Gasteiger partial charge in [-0.3, -0.25) is 0 Å². The van der Waals surface area contributed by atoms with E-state index >= 15 is 0 Å². The largest absolute Gasteiger partial charge is 0.382 e. The van der Waals surface area contributed by atoms with Gasteiger partial charge in [0.25, 0.3) is 0 Å². The average molecular weight is 271 g/mol. The molecular formula is C13H22FN3O2. The highest BCUT2D eigenvalue weighted by atomic mass is 19.1. The summed E-state index contributed by atoms with van der Waals surface area (Å²) in [7, 11) is 3.25. The van der Waals surface area contributed by atoms with E-state index in [9.17, 15) is 4.39 Å². The fourth-order valence-corrected chi connectivity index (χ4v) is 1.64. The summed E-state index contributed by atoms with van der Waals surface area (Å²) < 4.78 is 23.5. The molecule has 19 heavy (non-hydrogen) atoms. The molecule has 0 saturated heterocycles. The number of nitrogens with zero attached hydrogens (tertiary/aromatic N) is 1. The molecule has 1 rings (SSSR count). The first-order valence-corrected chi connectivity index (χ1v) is 6.32. The molecule has 2 N–H and O–H groups in total. The maximum absolute atomic E-state index is 13.2. The minimum Gasteiger partial charge on any atom is -0.382 e. The second-order valence-electron chi connectivity index (χ2n) is 4.14. The predicted molar refractivity (Wildman–Crippen MR) is 72.7 cm³/mol. The van der Waals surface area contributed by atoms with Gasteiger partial charge in [0.05, 0.1) is 18.9 Å². The van der Waals surface area contributed by atoms with Crippen molar-refractivity contribution < 1.29 is 13.9 Å². The monoisotopic (exact) mass is 271 g/mol. The van der Waals surface area contributed by atoms with Crippen LogP contribution < -0.4 is 10.6 Å². The molecule has 5 nitrogen and oxygen atoms in total. The first-order chi connectivity index (χ1) is 9.21. The van der Waals surface area contributed by atoms with Gasteiger partial charge >= 0.3 is 0 Å². The number of hydrogen-bond donors (Lipinski definition) is 2. The van der Waals surface area contributed by atoms with Crippen LogP contribution in [0.15, 0.2) is 12.3 Å². The van der Waals surface area contributed by atoms with Crippen molar-refractivity contribution in [1.29, 1.82) is 0 Å². The highest BCUT2D eigenvalue weighted by Gasteiger charge is 2.10. The first-order valence-electron chi connectivity index (χ1n) is 6.32. The van der Waals surface area contributed by atoms with E-state index < -0.39 is 0 Å². The van der Waals surface area contributed by atoms with Crippen LogP contribution in [0.4, 0.5) is 10.2 Å². The molecule has 1 aromatic rings. The third kappa shape index (κ3) is 5.50. The van der Waals surface area contributed by atoms with Crippen molar-refractivity contribution in [1.82, 2.24) is 10.3 Å². The molecule has 0 saturated carbocycles. The molecule has 108 valence electrons. The Morgan fingerprint density at radius 2 is 2.21 bits per heavy atom. The average Bonchev–Trinajstić information content (AvgIpc) is 2.42. The maximum Gasteiger partial charge on any atom is 0.141 e. The van der Waals surface area contributed by atoms with Gasteiger partial charge in [-0.2, -0.15) is 0 Å². The highest BCUT2D eigenvalue weighted by molar-refractivity contribution is 5.44. The molecule has 6 heteroatoms. The quantitative estimate of drug-likeness (QED) is 0.711. The predicted octanol–water partition coefficient (Wildman–Crippen LogP) is 1.40. The van der Waals surface area contributed by atoms with E-state index in [4.69, 9.17) is 9.47 Å². The SMILES string of the molecule is CCNCc1cc(F)cnc1NCC(COC)OC. The topological polar surface area (TPSA) is 55.4 Å². The zero-order valence-electron chi connectivity index (χ0n) is 11.7. The zero-order chi connectivity index (χ0) is 14.1. The lowest BCUT2D eigenvalue weighted by molar-refractivity contribution is 0.0365. The van der Waals surface area contributed by atoms with Gasteiger partial charge in [0.2, 0.25) is 0 Å². The fourth-order valence-electron chi connectivity index (χ4n) is 1.64. The normalized spacial score (nSPS) is 12.4. The van der Waals surface area contributed by atoms with Crippen LogP contribution in [0.1, 0.15) is 12.5 Å². The van der Waals surface area contributed by atoms with E-state index in [2.05, 4.69) is 15.6 Å². The maximum atomic E-state index is 13.2. The Hall–Kier alpha value is -1.24. The molecule has 0 fully saturated rings. The van der Waals surface area contributed by atoms with Crippen molar-refractivity contribution in [3.05, 3.63) is 23.6 Å². The Morgan fingerprint density at radius 1 is 1.42 bits per heavy atom. The van der Waals surface area contributed by atoms with Gasteiger partial charge in [-0.1, -0.05) is 6.92 Å². The second-order valence-corrected chi connectivity index (χ2v) is 4.14. The highest BCUT2D eigenvalue weighted by Crippen LogP contribution is 2.13. The number of pyridine rings is 1. The third-order valence-corrected chi connectivity index (χ3v) is 2.68. The fraction of sp³-hybridized carbons (Fsp3) is 0.615. The van der Waals surface area contributed by atoms with Crippen LogP contribution in [0.3, 0.4) is 0 Å². The van der Waals surface area contributed by atoms with Crippen molar-refractivity contribution in [2.24, 2.45) is 0 Å².